The first-order valence-electron chi connectivity index (χ1n) is 5.58. The third-order valence-corrected chi connectivity index (χ3v) is 6.39. The first kappa shape index (κ1) is 15.4. The molecular weight excluding hydrogens is 275 g/mol. The van der Waals surface area contributed by atoms with Crippen LogP contribution in [0.2, 0.25) is 0 Å². The molecule has 0 fully saturated rings. The summed E-state index contributed by atoms with van der Waals surface area (Å²) in [5, 5.41) is -0.717. The van der Waals surface area contributed by atoms with Gasteiger partial charge in [0.1, 0.15) is 5.82 Å². The number of rotatable bonds is 3. The van der Waals surface area contributed by atoms with Crippen molar-refractivity contribution >= 4 is 21.4 Å². The molecule has 0 aromatic heterocycles. The molecule has 102 valence electrons. The van der Waals surface area contributed by atoms with Crippen LogP contribution in [0.1, 0.15) is 35.9 Å². The zero-order chi connectivity index (χ0) is 14.3. The average Bonchev–Trinajstić information content (AvgIpc) is 2.22. The van der Waals surface area contributed by atoms with Gasteiger partial charge in [0.05, 0.1) is 10.1 Å². The summed E-state index contributed by atoms with van der Waals surface area (Å²) in [6, 6.07) is 3.21. The van der Waals surface area contributed by atoms with Crippen LogP contribution in [-0.4, -0.2) is 19.4 Å². The normalized spacial score (nSPS) is 14.6. The Balaban J connectivity index is 3.32. The van der Waals surface area contributed by atoms with Crippen LogP contribution in [0.15, 0.2) is 12.1 Å². The molecule has 18 heavy (non-hydrogen) atoms. The van der Waals surface area contributed by atoms with Crippen molar-refractivity contribution in [3.05, 3.63) is 34.6 Å². The van der Waals surface area contributed by atoms with Gasteiger partial charge in [-0.05, 0) is 44.4 Å². The highest BCUT2D eigenvalue weighted by Crippen LogP contribution is 2.38. The minimum Gasteiger partial charge on any atom is -0.229 e. The SMILES string of the molecule is Cc1cc(C(Cl)C(C)(C)S(C)(=O)=O)cc(C)c1F. The Hall–Kier alpha value is -0.610. The van der Waals surface area contributed by atoms with Gasteiger partial charge < -0.3 is 0 Å². The smallest absolute Gasteiger partial charge is 0.154 e. The molecule has 0 saturated carbocycles. The van der Waals surface area contributed by atoms with Crippen molar-refractivity contribution in [2.75, 3.05) is 6.26 Å². The summed E-state index contributed by atoms with van der Waals surface area (Å²) in [6.07, 6.45) is 1.16. The molecule has 1 unspecified atom stereocenters. The fourth-order valence-corrected chi connectivity index (χ4v) is 2.84. The van der Waals surface area contributed by atoms with E-state index in [0.717, 1.165) is 6.26 Å². The van der Waals surface area contributed by atoms with Crippen molar-refractivity contribution in [1.29, 1.82) is 0 Å². The second-order valence-corrected chi connectivity index (χ2v) is 8.24. The van der Waals surface area contributed by atoms with Gasteiger partial charge in [0.15, 0.2) is 9.84 Å². The summed E-state index contributed by atoms with van der Waals surface area (Å²) >= 11 is 6.28. The lowest BCUT2D eigenvalue weighted by Gasteiger charge is -2.28. The maximum Gasteiger partial charge on any atom is 0.154 e. The van der Waals surface area contributed by atoms with Gasteiger partial charge in [0.2, 0.25) is 0 Å². The fraction of sp³-hybridized carbons (Fsp3) is 0.538. The first-order valence-corrected chi connectivity index (χ1v) is 7.91. The third kappa shape index (κ3) is 2.69. The molecule has 1 rings (SSSR count). The van der Waals surface area contributed by atoms with Gasteiger partial charge >= 0.3 is 0 Å². The number of halogens is 2. The topological polar surface area (TPSA) is 34.1 Å². The molecule has 0 bridgehead atoms. The highest BCUT2D eigenvalue weighted by atomic mass is 35.5. The maximum atomic E-state index is 13.5. The molecule has 0 amide bonds. The standard InChI is InChI=1S/C13H18ClFO2S/c1-8-6-10(7-9(2)11(8)15)12(14)13(3,4)18(5,16)17/h6-7,12H,1-5H3. The average molecular weight is 293 g/mol. The van der Waals surface area contributed by atoms with E-state index in [4.69, 9.17) is 11.6 Å². The van der Waals surface area contributed by atoms with Crippen LogP contribution in [0.25, 0.3) is 0 Å². The lowest BCUT2D eigenvalue weighted by molar-refractivity contribution is 0.543. The molecule has 5 heteroatoms. The van der Waals surface area contributed by atoms with Crippen molar-refractivity contribution in [1.82, 2.24) is 0 Å². The summed E-state index contributed by atoms with van der Waals surface area (Å²) < 4.78 is 35.9. The molecule has 0 heterocycles. The zero-order valence-electron chi connectivity index (χ0n) is 11.2. The molecule has 1 aromatic rings. The van der Waals surface area contributed by atoms with Crippen LogP contribution >= 0.6 is 11.6 Å². The molecular formula is C13H18ClFO2S. The summed E-state index contributed by atoms with van der Waals surface area (Å²) in [5.41, 5.74) is 1.57. The Morgan fingerprint density at radius 1 is 1.22 bits per heavy atom. The van der Waals surface area contributed by atoms with Crippen LogP contribution in [-0.2, 0) is 9.84 Å². The molecule has 1 aromatic carbocycles. The highest BCUT2D eigenvalue weighted by molar-refractivity contribution is 7.92. The van der Waals surface area contributed by atoms with E-state index in [0.29, 0.717) is 16.7 Å². The monoisotopic (exact) mass is 292 g/mol. The van der Waals surface area contributed by atoms with E-state index in [1.807, 2.05) is 0 Å². The number of alkyl halides is 1. The Labute approximate surface area is 113 Å². The number of sulfone groups is 1. The van der Waals surface area contributed by atoms with Gasteiger partial charge in [-0.1, -0.05) is 12.1 Å². The van der Waals surface area contributed by atoms with E-state index in [2.05, 4.69) is 0 Å². The Kier molecular flexibility index (Phi) is 4.13. The largest absolute Gasteiger partial charge is 0.229 e. The van der Waals surface area contributed by atoms with Crippen molar-refractivity contribution in [2.45, 2.75) is 37.8 Å². The fourth-order valence-electron chi connectivity index (χ4n) is 1.72. The summed E-state index contributed by atoms with van der Waals surface area (Å²) in [7, 11) is -3.31. The van der Waals surface area contributed by atoms with Gasteiger partial charge in [0, 0.05) is 6.26 Å². The number of benzene rings is 1. The van der Waals surface area contributed by atoms with E-state index in [-0.39, 0.29) is 5.82 Å². The van der Waals surface area contributed by atoms with Crippen molar-refractivity contribution in [3.8, 4) is 0 Å². The number of hydrogen-bond acceptors (Lipinski definition) is 2. The summed E-state index contributed by atoms with van der Waals surface area (Å²) in [6.45, 7) is 6.44. The van der Waals surface area contributed by atoms with Gasteiger partial charge in [-0.2, -0.15) is 0 Å². The Morgan fingerprint density at radius 3 is 1.94 bits per heavy atom. The number of aryl methyl sites for hydroxylation is 2. The number of hydrogen-bond donors (Lipinski definition) is 0. The van der Waals surface area contributed by atoms with Crippen molar-refractivity contribution < 1.29 is 12.8 Å². The van der Waals surface area contributed by atoms with Crippen LogP contribution in [0.3, 0.4) is 0 Å². The van der Waals surface area contributed by atoms with Crippen LogP contribution in [0, 0.1) is 19.7 Å². The zero-order valence-corrected chi connectivity index (χ0v) is 12.8. The molecule has 0 spiro atoms. The Bertz CT molecular complexity index is 541. The molecule has 0 saturated heterocycles. The van der Waals surface area contributed by atoms with E-state index < -0.39 is 20.0 Å². The third-order valence-electron chi connectivity index (χ3n) is 3.32. The minimum atomic E-state index is -3.31. The van der Waals surface area contributed by atoms with Crippen LogP contribution in [0.5, 0.6) is 0 Å². The summed E-state index contributed by atoms with van der Waals surface area (Å²) in [4.78, 5) is 0. The predicted octanol–water partition coefficient (Wildman–Crippen LogP) is 3.55. The van der Waals surface area contributed by atoms with E-state index in [9.17, 15) is 12.8 Å². The minimum absolute atomic E-state index is 0.278. The van der Waals surface area contributed by atoms with E-state index >= 15 is 0 Å². The molecule has 0 aliphatic rings. The lowest BCUT2D eigenvalue weighted by atomic mass is 9.97. The second-order valence-electron chi connectivity index (χ2n) is 5.21. The summed E-state index contributed by atoms with van der Waals surface area (Å²) in [5.74, 6) is -0.278. The van der Waals surface area contributed by atoms with Gasteiger partial charge in [-0.25, -0.2) is 12.8 Å². The van der Waals surface area contributed by atoms with E-state index in [1.54, 1.807) is 39.8 Å². The highest BCUT2D eigenvalue weighted by Gasteiger charge is 2.39. The van der Waals surface area contributed by atoms with Crippen molar-refractivity contribution in [3.63, 3.8) is 0 Å². The van der Waals surface area contributed by atoms with Gasteiger partial charge in [0.25, 0.3) is 0 Å². The van der Waals surface area contributed by atoms with Crippen molar-refractivity contribution in [2.24, 2.45) is 0 Å². The molecule has 0 N–H and O–H groups in total. The van der Waals surface area contributed by atoms with Crippen LogP contribution < -0.4 is 0 Å². The maximum absolute atomic E-state index is 13.5. The van der Waals surface area contributed by atoms with Gasteiger partial charge in [-0.3, -0.25) is 0 Å². The van der Waals surface area contributed by atoms with Gasteiger partial charge in [-0.15, -0.1) is 11.6 Å². The lowest BCUT2D eigenvalue weighted by Crippen LogP contribution is -2.35. The molecule has 0 radical (unpaired) electrons. The molecule has 2 nitrogen and oxygen atoms in total. The quantitative estimate of drug-likeness (QED) is 0.799. The molecule has 0 aliphatic heterocycles. The molecule has 1 atom stereocenters. The van der Waals surface area contributed by atoms with E-state index in [1.165, 1.54) is 0 Å². The Morgan fingerprint density at radius 2 is 1.61 bits per heavy atom. The molecule has 0 aliphatic carbocycles. The first-order chi connectivity index (χ1) is 7.98. The van der Waals surface area contributed by atoms with Crippen LogP contribution in [0.4, 0.5) is 4.39 Å². The predicted molar refractivity (Wildman–Crippen MR) is 73.4 cm³/mol. The second kappa shape index (κ2) is 4.82.